The molecule has 0 saturated carbocycles. The molecule has 0 saturated heterocycles. The maximum atomic E-state index is 13.5. The minimum atomic E-state index is -1.20. The largest absolute Gasteiger partial charge is 0.478 e. The van der Waals surface area contributed by atoms with Crippen molar-refractivity contribution in [2.75, 3.05) is 17.3 Å². The first-order valence-electron chi connectivity index (χ1n) is 5.00. The van der Waals surface area contributed by atoms with Gasteiger partial charge in [-0.25, -0.2) is 9.18 Å². The highest BCUT2D eigenvalue weighted by Crippen LogP contribution is 2.20. The van der Waals surface area contributed by atoms with E-state index in [1.165, 1.54) is 24.5 Å². The number of aromatic carboxylic acids is 1. The third kappa shape index (κ3) is 3.81. The normalized spacial score (nSPS) is 14.1. The molecule has 0 aliphatic heterocycles. The van der Waals surface area contributed by atoms with Crippen molar-refractivity contribution in [2.24, 2.45) is 0 Å². The molecule has 0 aliphatic rings. The lowest BCUT2D eigenvalue weighted by Gasteiger charge is -2.16. The molecule has 1 aromatic rings. The number of para-hydroxylation sites is 1. The first-order chi connectivity index (χ1) is 7.91. The number of anilines is 1. The fourth-order valence-electron chi connectivity index (χ4n) is 1.49. The van der Waals surface area contributed by atoms with Gasteiger partial charge in [0.05, 0.1) is 11.3 Å². The SMILES string of the molecule is CC(CS(C)=O)Nc1c(F)cccc1C(=O)O. The molecule has 4 nitrogen and oxygen atoms in total. The molecule has 6 heteroatoms. The monoisotopic (exact) mass is 259 g/mol. The van der Waals surface area contributed by atoms with Crippen LogP contribution >= 0.6 is 0 Å². The van der Waals surface area contributed by atoms with Crippen molar-refractivity contribution in [1.82, 2.24) is 0 Å². The molecule has 2 atom stereocenters. The standard InChI is InChI=1S/C11H14FNO3S/c1-7(6-17(2)16)13-10-8(11(14)15)4-3-5-9(10)12/h3-5,7,13H,6H2,1-2H3,(H,14,15). The van der Waals surface area contributed by atoms with E-state index in [1.807, 2.05) is 0 Å². The van der Waals surface area contributed by atoms with E-state index in [2.05, 4.69) is 5.32 Å². The van der Waals surface area contributed by atoms with Gasteiger partial charge in [0.1, 0.15) is 5.82 Å². The zero-order chi connectivity index (χ0) is 13.0. The highest BCUT2D eigenvalue weighted by Gasteiger charge is 2.16. The summed E-state index contributed by atoms with van der Waals surface area (Å²) in [7, 11) is -1.03. The van der Waals surface area contributed by atoms with Crippen molar-refractivity contribution >= 4 is 22.5 Å². The minimum Gasteiger partial charge on any atom is -0.478 e. The fourth-order valence-corrected chi connectivity index (χ4v) is 2.28. The van der Waals surface area contributed by atoms with Crippen LogP contribution in [0.15, 0.2) is 18.2 Å². The van der Waals surface area contributed by atoms with Crippen LogP contribution < -0.4 is 5.32 Å². The van der Waals surface area contributed by atoms with Gasteiger partial charge in [-0.1, -0.05) is 6.07 Å². The second-order valence-electron chi connectivity index (χ2n) is 3.75. The van der Waals surface area contributed by atoms with E-state index in [1.54, 1.807) is 6.92 Å². The van der Waals surface area contributed by atoms with Gasteiger partial charge in [-0.05, 0) is 19.1 Å². The predicted molar refractivity (Wildman–Crippen MR) is 65.4 cm³/mol. The molecule has 2 unspecified atom stereocenters. The van der Waals surface area contributed by atoms with Crippen molar-refractivity contribution < 1.29 is 18.5 Å². The van der Waals surface area contributed by atoms with Gasteiger partial charge >= 0.3 is 5.97 Å². The summed E-state index contributed by atoms with van der Waals surface area (Å²) in [4.78, 5) is 10.9. The number of nitrogens with one attached hydrogen (secondary N) is 1. The van der Waals surface area contributed by atoms with Crippen molar-refractivity contribution in [3.63, 3.8) is 0 Å². The summed E-state index contributed by atoms with van der Waals surface area (Å²) in [5, 5.41) is 11.7. The fraction of sp³-hybridized carbons (Fsp3) is 0.364. The highest BCUT2D eigenvalue weighted by atomic mass is 32.2. The average molecular weight is 259 g/mol. The molecule has 0 amide bonds. The summed E-state index contributed by atoms with van der Waals surface area (Å²) in [6.07, 6.45) is 1.54. The Labute approximate surface area is 101 Å². The van der Waals surface area contributed by atoms with Crippen LogP contribution in [-0.4, -0.2) is 33.3 Å². The van der Waals surface area contributed by atoms with Crippen LogP contribution in [0.1, 0.15) is 17.3 Å². The van der Waals surface area contributed by atoms with Crippen LogP contribution in [0.5, 0.6) is 0 Å². The Balaban J connectivity index is 2.96. The van der Waals surface area contributed by atoms with Gasteiger partial charge < -0.3 is 10.4 Å². The molecule has 0 aliphatic carbocycles. The number of hydrogen-bond donors (Lipinski definition) is 2. The predicted octanol–water partition coefficient (Wildman–Crippen LogP) is 1.70. The van der Waals surface area contributed by atoms with E-state index in [0.29, 0.717) is 5.75 Å². The number of carbonyl (C=O) groups is 1. The lowest BCUT2D eigenvalue weighted by Crippen LogP contribution is -2.24. The molecule has 0 spiro atoms. The van der Waals surface area contributed by atoms with E-state index < -0.39 is 22.6 Å². The Morgan fingerprint density at radius 2 is 2.24 bits per heavy atom. The zero-order valence-corrected chi connectivity index (χ0v) is 10.4. The van der Waals surface area contributed by atoms with Crippen LogP contribution in [0.25, 0.3) is 0 Å². The maximum Gasteiger partial charge on any atom is 0.337 e. The molecule has 0 bridgehead atoms. The first kappa shape index (κ1) is 13.6. The van der Waals surface area contributed by atoms with Crippen LogP contribution in [0.4, 0.5) is 10.1 Å². The Morgan fingerprint density at radius 1 is 1.59 bits per heavy atom. The summed E-state index contributed by atoms with van der Waals surface area (Å²) in [6, 6.07) is 3.58. The molecule has 0 fully saturated rings. The topological polar surface area (TPSA) is 66.4 Å². The average Bonchev–Trinajstić information content (AvgIpc) is 2.19. The number of carboxylic acid groups (broad SMARTS) is 1. The smallest absolute Gasteiger partial charge is 0.337 e. The second kappa shape index (κ2) is 5.77. The van der Waals surface area contributed by atoms with Crippen LogP contribution in [0.3, 0.4) is 0 Å². The van der Waals surface area contributed by atoms with Crippen LogP contribution in [0, 0.1) is 5.82 Å². The molecule has 2 N–H and O–H groups in total. The van der Waals surface area contributed by atoms with Gasteiger partial charge in [0, 0.05) is 28.9 Å². The van der Waals surface area contributed by atoms with Crippen molar-refractivity contribution in [1.29, 1.82) is 0 Å². The van der Waals surface area contributed by atoms with Gasteiger partial charge in [-0.15, -0.1) is 0 Å². The van der Waals surface area contributed by atoms with Gasteiger partial charge in [-0.2, -0.15) is 0 Å². The zero-order valence-electron chi connectivity index (χ0n) is 9.57. The van der Waals surface area contributed by atoms with Gasteiger partial charge in [-0.3, -0.25) is 4.21 Å². The molecular weight excluding hydrogens is 245 g/mol. The molecule has 1 aromatic carbocycles. The van der Waals surface area contributed by atoms with E-state index in [-0.39, 0.29) is 17.3 Å². The molecule has 0 aromatic heterocycles. The summed E-state index contributed by atoms with van der Waals surface area (Å²) in [6.45, 7) is 1.72. The van der Waals surface area contributed by atoms with E-state index in [0.717, 1.165) is 0 Å². The quantitative estimate of drug-likeness (QED) is 0.844. The minimum absolute atomic E-state index is 0.0575. The molecular formula is C11H14FNO3S. The molecule has 1 rings (SSSR count). The lowest BCUT2D eigenvalue weighted by atomic mass is 10.1. The number of carboxylic acids is 1. The molecule has 0 heterocycles. The van der Waals surface area contributed by atoms with Crippen LogP contribution in [0.2, 0.25) is 0 Å². The third-order valence-corrected chi connectivity index (χ3v) is 3.09. The Kier molecular flexibility index (Phi) is 4.62. The molecule has 17 heavy (non-hydrogen) atoms. The van der Waals surface area contributed by atoms with Crippen molar-refractivity contribution in [3.05, 3.63) is 29.6 Å². The summed E-state index contributed by atoms with van der Waals surface area (Å²) < 4.78 is 24.5. The number of hydrogen-bond acceptors (Lipinski definition) is 3. The van der Waals surface area contributed by atoms with E-state index in [4.69, 9.17) is 5.11 Å². The maximum absolute atomic E-state index is 13.5. The number of rotatable bonds is 5. The van der Waals surface area contributed by atoms with E-state index in [9.17, 15) is 13.4 Å². The Morgan fingerprint density at radius 3 is 2.76 bits per heavy atom. The summed E-state index contributed by atoms with van der Waals surface area (Å²) in [5.74, 6) is -1.50. The van der Waals surface area contributed by atoms with E-state index >= 15 is 0 Å². The first-order valence-corrected chi connectivity index (χ1v) is 6.73. The summed E-state index contributed by atoms with van der Waals surface area (Å²) >= 11 is 0. The Bertz CT molecular complexity index is 450. The molecule has 94 valence electrons. The third-order valence-electron chi connectivity index (χ3n) is 2.12. The lowest BCUT2D eigenvalue weighted by molar-refractivity contribution is 0.0697. The van der Waals surface area contributed by atoms with Crippen molar-refractivity contribution in [2.45, 2.75) is 13.0 Å². The highest BCUT2D eigenvalue weighted by molar-refractivity contribution is 7.84. The van der Waals surface area contributed by atoms with Crippen molar-refractivity contribution in [3.8, 4) is 0 Å². The van der Waals surface area contributed by atoms with Gasteiger partial charge in [0.15, 0.2) is 0 Å². The summed E-state index contributed by atoms with van der Waals surface area (Å²) in [5.41, 5.74) is -0.184. The van der Waals surface area contributed by atoms with Crippen LogP contribution in [-0.2, 0) is 10.8 Å². The number of benzene rings is 1. The van der Waals surface area contributed by atoms with Gasteiger partial charge in [0.25, 0.3) is 0 Å². The Hall–Kier alpha value is -1.43. The molecule has 0 radical (unpaired) electrons. The number of halogens is 1. The van der Waals surface area contributed by atoms with Gasteiger partial charge in [0.2, 0.25) is 0 Å². The second-order valence-corrected chi connectivity index (χ2v) is 5.23.